The number of carbonyl (C=O) groups is 2. The van der Waals surface area contributed by atoms with Crippen LogP contribution in [-0.4, -0.2) is 27.8 Å². The molecular weight excluding hydrogens is 414 g/mol. The Morgan fingerprint density at radius 1 is 1.23 bits per heavy atom. The van der Waals surface area contributed by atoms with Crippen LogP contribution in [-0.2, 0) is 16.1 Å². The second-order valence-corrected chi connectivity index (χ2v) is 8.65. The number of aryl methyl sites for hydroxylation is 1. The minimum absolute atomic E-state index is 0.0175. The van der Waals surface area contributed by atoms with Crippen molar-refractivity contribution in [2.45, 2.75) is 39.5 Å². The van der Waals surface area contributed by atoms with Crippen LogP contribution in [0.1, 0.15) is 41.7 Å². The molecule has 1 amide bonds. The number of ketones is 1. The maximum atomic E-state index is 13.0. The van der Waals surface area contributed by atoms with Crippen molar-refractivity contribution in [1.82, 2.24) is 4.90 Å². The Kier molecular flexibility index (Phi) is 5.69. The highest BCUT2D eigenvalue weighted by Gasteiger charge is 2.46. The Morgan fingerprint density at radius 2 is 2.03 bits per heavy atom. The number of hydrogen-bond acceptors (Lipinski definition) is 6. The van der Waals surface area contributed by atoms with E-state index in [1.54, 1.807) is 30.3 Å². The molecule has 0 bridgehead atoms. The third-order valence-electron chi connectivity index (χ3n) is 5.07. The standard InChI is InChI=1S/C24H23NO5S/c1-14(2)30-18-9-8-16(12-15(18)3)22(26)20-21(19-7-5-11-31-19)25(24(28)23(20)27)13-17-6-4-10-29-17/h4-12,14,21,26H,13H2,1-3H3/b22-20-. The molecule has 0 radical (unpaired) electrons. The first-order chi connectivity index (χ1) is 14.9. The van der Waals surface area contributed by atoms with Gasteiger partial charge in [0.2, 0.25) is 0 Å². The molecule has 0 aliphatic carbocycles. The lowest BCUT2D eigenvalue weighted by Gasteiger charge is -2.23. The van der Waals surface area contributed by atoms with Gasteiger partial charge in [0.25, 0.3) is 11.7 Å². The monoisotopic (exact) mass is 437 g/mol. The van der Waals surface area contributed by atoms with Gasteiger partial charge in [0.05, 0.1) is 24.5 Å². The van der Waals surface area contributed by atoms with E-state index in [1.807, 2.05) is 38.3 Å². The molecule has 1 saturated heterocycles. The molecule has 1 aliphatic rings. The summed E-state index contributed by atoms with van der Waals surface area (Å²) in [5.74, 6) is -0.289. The molecule has 4 rings (SSSR count). The van der Waals surface area contributed by atoms with Gasteiger partial charge in [-0.25, -0.2) is 0 Å². The molecule has 31 heavy (non-hydrogen) atoms. The largest absolute Gasteiger partial charge is 0.507 e. The van der Waals surface area contributed by atoms with Crippen molar-refractivity contribution in [1.29, 1.82) is 0 Å². The van der Waals surface area contributed by atoms with Gasteiger partial charge in [-0.1, -0.05) is 6.07 Å². The van der Waals surface area contributed by atoms with Crippen molar-refractivity contribution in [3.05, 3.63) is 81.4 Å². The van der Waals surface area contributed by atoms with E-state index < -0.39 is 17.7 Å². The number of Topliss-reactive ketones (excluding diaryl/α,β-unsaturated/α-hetero) is 1. The molecule has 2 aromatic heterocycles. The number of likely N-dealkylation sites (tertiary alicyclic amines) is 1. The lowest BCUT2D eigenvalue weighted by atomic mass is 9.98. The Morgan fingerprint density at radius 3 is 2.65 bits per heavy atom. The lowest BCUT2D eigenvalue weighted by molar-refractivity contribution is -0.140. The molecule has 7 heteroatoms. The smallest absolute Gasteiger partial charge is 0.296 e. The number of amides is 1. The third kappa shape index (κ3) is 4.01. The molecule has 1 atom stereocenters. The number of nitrogens with zero attached hydrogens (tertiary/aromatic N) is 1. The van der Waals surface area contributed by atoms with Crippen LogP contribution in [0, 0.1) is 6.92 Å². The highest BCUT2D eigenvalue weighted by atomic mass is 32.1. The number of ether oxygens (including phenoxy) is 1. The SMILES string of the molecule is Cc1cc(/C(O)=C2/C(=O)C(=O)N(Cc3ccco3)C2c2cccs2)ccc1OC(C)C. The first-order valence-electron chi connectivity index (χ1n) is 9.98. The normalized spacial score (nSPS) is 18.2. The van der Waals surface area contributed by atoms with Crippen LogP contribution in [0.3, 0.4) is 0 Å². The van der Waals surface area contributed by atoms with Crippen molar-refractivity contribution in [2.75, 3.05) is 0 Å². The number of hydrogen-bond donors (Lipinski definition) is 1. The van der Waals surface area contributed by atoms with Crippen LogP contribution < -0.4 is 4.74 Å². The number of thiophene rings is 1. The lowest BCUT2D eigenvalue weighted by Crippen LogP contribution is -2.28. The fraction of sp³-hybridized carbons (Fsp3) is 0.250. The molecular formula is C24H23NO5S. The Balaban J connectivity index is 1.79. The van der Waals surface area contributed by atoms with Crippen LogP contribution in [0.2, 0.25) is 0 Å². The van der Waals surface area contributed by atoms with Gasteiger partial charge in [0.15, 0.2) is 0 Å². The van der Waals surface area contributed by atoms with Gasteiger partial charge in [0, 0.05) is 10.4 Å². The molecule has 3 heterocycles. The topological polar surface area (TPSA) is 80.0 Å². The summed E-state index contributed by atoms with van der Waals surface area (Å²) in [5.41, 5.74) is 1.37. The first kappa shape index (κ1) is 20.9. The predicted molar refractivity (Wildman–Crippen MR) is 118 cm³/mol. The number of furan rings is 1. The molecule has 6 nitrogen and oxygen atoms in total. The van der Waals surface area contributed by atoms with E-state index in [9.17, 15) is 14.7 Å². The fourth-order valence-corrected chi connectivity index (χ4v) is 4.54. The van der Waals surface area contributed by atoms with E-state index in [4.69, 9.17) is 9.15 Å². The van der Waals surface area contributed by atoms with Crippen molar-refractivity contribution < 1.29 is 23.8 Å². The average molecular weight is 438 g/mol. The van der Waals surface area contributed by atoms with Crippen molar-refractivity contribution in [3.63, 3.8) is 0 Å². The van der Waals surface area contributed by atoms with Gasteiger partial charge >= 0.3 is 0 Å². The molecule has 1 fully saturated rings. The second kappa shape index (κ2) is 8.43. The van der Waals surface area contributed by atoms with Gasteiger partial charge < -0.3 is 19.2 Å². The van der Waals surface area contributed by atoms with Crippen LogP contribution >= 0.6 is 11.3 Å². The summed E-state index contributed by atoms with van der Waals surface area (Å²) >= 11 is 1.43. The summed E-state index contributed by atoms with van der Waals surface area (Å²) in [6.07, 6.45) is 1.54. The molecule has 1 aliphatic heterocycles. The molecule has 1 aromatic carbocycles. The summed E-state index contributed by atoms with van der Waals surface area (Å²) < 4.78 is 11.2. The van der Waals surface area contributed by atoms with E-state index in [0.717, 1.165) is 10.4 Å². The van der Waals surface area contributed by atoms with E-state index in [1.165, 1.54) is 22.5 Å². The number of rotatable bonds is 6. The van der Waals surface area contributed by atoms with Crippen molar-refractivity contribution in [2.24, 2.45) is 0 Å². The van der Waals surface area contributed by atoms with Crippen molar-refractivity contribution >= 4 is 28.8 Å². The quantitative estimate of drug-likeness (QED) is 0.331. The summed E-state index contributed by atoms with van der Waals surface area (Å²) in [7, 11) is 0. The van der Waals surface area contributed by atoms with Gasteiger partial charge in [0.1, 0.15) is 23.3 Å². The summed E-state index contributed by atoms with van der Waals surface area (Å²) in [6, 6.07) is 11.7. The minimum atomic E-state index is -0.706. The summed E-state index contributed by atoms with van der Waals surface area (Å²) in [5, 5.41) is 13.0. The van der Waals surface area contributed by atoms with Crippen LogP contribution in [0.5, 0.6) is 5.75 Å². The summed E-state index contributed by atoms with van der Waals surface area (Å²) in [6.45, 7) is 5.89. The van der Waals surface area contributed by atoms with Gasteiger partial charge in [-0.2, -0.15) is 0 Å². The van der Waals surface area contributed by atoms with Gasteiger partial charge in [-0.3, -0.25) is 9.59 Å². The van der Waals surface area contributed by atoms with Gasteiger partial charge in [-0.05, 0) is 68.1 Å². The fourth-order valence-electron chi connectivity index (χ4n) is 3.69. The first-order valence-corrected chi connectivity index (χ1v) is 10.9. The minimum Gasteiger partial charge on any atom is -0.507 e. The van der Waals surface area contributed by atoms with Crippen LogP contribution in [0.4, 0.5) is 0 Å². The Labute approximate surface area is 184 Å². The maximum absolute atomic E-state index is 13.0. The van der Waals surface area contributed by atoms with E-state index >= 15 is 0 Å². The van der Waals surface area contributed by atoms with Gasteiger partial charge in [-0.15, -0.1) is 11.3 Å². The maximum Gasteiger partial charge on any atom is 0.296 e. The van der Waals surface area contributed by atoms with E-state index in [-0.39, 0.29) is 24.0 Å². The second-order valence-electron chi connectivity index (χ2n) is 7.67. The Bertz CT molecular complexity index is 1130. The summed E-state index contributed by atoms with van der Waals surface area (Å²) in [4.78, 5) is 28.1. The molecule has 1 N–H and O–H groups in total. The molecule has 1 unspecified atom stereocenters. The third-order valence-corrected chi connectivity index (χ3v) is 5.99. The molecule has 3 aromatic rings. The number of aliphatic hydroxyl groups is 1. The number of carbonyl (C=O) groups excluding carboxylic acids is 2. The molecule has 160 valence electrons. The van der Waals surface area contributed by atoms with E-state index in [0.29, 0.717) is 17.1 Å². The predicted octanol–water partition coefficient (Wildman–Crippen LogP) is 5.06. The number of benzene rings is 1. The van der Waals surface area contributed by atoms with E-state index in [2.05, 4.69) is 0 Å². The highest BCUT2D eigenvalue weighted by molar-refractivity contribution is 7.10. The highest BCUT2D eigenvalue weighted by Crippen LogP contribution is 2.42. The zero-order valence-electron chi connectivity index (χ0n) is 17.5. The van der Waals surface area contributed by atoms with Crippen LogP contribution in [0.25, 0.3) is 5.76 Å². The number of aliphatic hydroxyl groups excluding tert-OH is 1. The Hall–Kier alpha value is -3.32. The zero-order chi connectivity index (χ0) is 22.1. The molecule has 0 saturated carbocycles. The van der Waals surface area contributed by atoms with Crippen molar-refractivity contribution in [3.8, 4) is 5.75 Å². The molecule has 0 spiro atoms. The zero-order valence-corrected chi connectivity index (χ0v) is 18.3. The van der Waals surface area contributed by atoms with Crippen LogP contribution in [0.15, 0.2) is 64.1 Å². The average Bonchev–Trinajstić information content (AvgIpc) is 3.48.